The van der Waals surface area contributed by atoms with Crippen LogP contribution >= 0.6 is 0 Å². The molecular weight excluding hydrogens is 523 g/mol. The fourth-order valence-electron chi connectivity index (χ4n) is 4.07. The molecule has 0 aliphatic carbocycles. The predicted octanol–water partition coefficient (Wildman–Crippen LogP) is 7.43. The van der Waals surface area contributed by atoms with Gasteiger partial charge in [-0.3, -0.25) is 0 Å². The Bertz CT molecular complexity index is 1600. The van der Waals surface area contributed by atoms with Gasteiger partial charge in [-0.1, -0.05) is 50.0 Å². The van der Waals surface area contributed by atoms with Crippen molar-refractivity contribution in [3.63, 3.8) is 0 Å². The van der Waals surface area contributed by atoms with Gasteiger partial charge in [0.05, 0.1) is 24.8 Å². The lowest BCUT2D eigenvalue weighted by Gasteiger charge is -2.26. The number of aromatic nitrogens is 3. The standard InChI is InChI=1S/C31H33FN4O3Si/c1-21(40(2,3)4)38-20-36-29(23-10-12-24(13-11-23)37-18-22-8-6-5-7-9-22)17-26-30(36)34-19-35-31(26)39-25-14-15-28(33)27(32)16-25/h5-17,19,21H,18,20,33H2,1-4H3. The SMILES string of the molecule is CC(OCn1c(-c2ccc(OCc3ccccc3)cc2)cc2c(Oc3ccc(N)c(F)c3)ncnc21)[Si](C)(C)C. The van der Waals surface area contributed by atoms with Gasteiger partial charge in [0.2, 0.25) is 5.88 Å². The summed E-state index contributed by atoms with van der Waals surface area (Å²) >= 11 is 0. The molecule has 0 fully saturated rings. The number of nitrogens with zero attached hydrogens (tertiary/aromatic N) is 3. The molecule has 0 saturated heterocycles. The summed E-state index contributed by atoms with van der Waals surface area (Å²) in [5.74, 6) is 0.831. The topological polar surface area (TPSA) is 84.4 Å². The summed E-state index contributed by atoms with van der Waals surface area (Å²) in [6.07, 6.45) is 1.44. The number of rotatable bonds is 10. The lowest BCUT2D eigenvalue weighted by Crippen LogP contribution is -2.38. The van der Waals surface area contributed by atoms with E-state index in [2.05, 4.69) is 36.5 Å². The average molecular weight is 557 g/mol. The van der Waals surface area contributed by atoms with Crippen molar-refractivity contribution >= 4 is 24.8 Å². The first-order chi connectivity index (χ1) is 19.2. The summed E-state index contributed by atoms with van der Waals surface area (Å²) in [6, 6.07) is 24.3. The number of fused-ring (bicyclic) bond motifs is 1. The smallest absolute Gasteiger partial charge is 0.231 e. The Kier molecular flexibility index (Phi) is 7.86. The fraction of sp³-hybridized carbons (Fsp3) is 0.226. The van der Waals surface area contributed by atoms with Gasteiger partial charge in [0, 0.05) is 11.8 Å². The molecule has 2 aromatic heterocycles. The van der Waals surface area contributed by atoms with Gasteiger partial charge in [0.25, 0.3) is 0 Å². The van der Waals surface area contributed by atoms with Gasteiger partial charge in [0.1, 0.15) is 42.6 Å². The molecule has 40 heavy (non-hydrogen) atoms. The number of hydrogen-bond acceptors (Lipinski definition) is 6. The van der Waals surface area contributed by atoms with Gasteiger partial charge in [0.15, 0.2) is 0 Å². The van der Waals surface area contributed by atoms with Gasteiger partial charge in [-0.15, -0.1) is 0 Å². The van der Waals surface area contributed by atoms with Gasteiger partial charge in [-0.25, -0.2) is 14.4 Å². The van der Waals surface area contributed by atoms with Crippen LogP contribution in [0.25, 0.3) is 22.3 Å². The molecule has 7 nitrogen and oxygen atoms in total. The van der Waals surface area contributed by atoms with Crippen molar-refractivity contribution < 1.29 is 18.6 Å². The zero-order valence-corrected chi connectivity index (χ0v) is 24.1. The molecule has 2 N–H and O–H groups in total. The third kappa shape index (κ3) is 6.16. The normalized spacial score (nSPS) is 12.4. The molecule has 0 aliphatic rings. The van der Waals surface area contributed by atoms with E-state index >= 15 is 0 Å². The number of nitrogens with two attached hydrogens (primary N) is 1. The number of hydrogen-bond donors (Lipinski definition) is 1. The number of halogens is 1. The summed E-state index contributed by atoms with van der Waals surface area (Å²) in [7, 11) is -1.53. The quantitative estimate of drug-likeness (QED) is 0.142. The Balaban J connectivity index is 1.48. The Morgan fingerprint density at radius 2 is 1.65 bits per heavy atom. The highest BCUT2D eigenvalue weighted by Gasteiger charge is 2.24. The monoisotopic (exact) mass is 556 g/mol. The van der Waals surface area contributed by atoms with Crippen molar-refractivity contribution in [2.24, 2.45) is 0 Å². The van der Waals surface area contributed by atoms with E-state index < -0.39 is 13.9 Å². The number of ether oxygens (including phenoxy) is 3. The van der Waals surface area contributed by atoms with E-state index in [0.29, 0.717) is 36.0 Å². The molecule has 9 heteroatoms. The van der Waals surface area contributed by atoms with E-state index in [1.807, 2.05) is 65.2 Å². The number of anilines is 1. The Morgan fingerprint density at radius 1 is 0.925 bits per heavy atom. The molecular formula is C31H33FN4O3Si. The third-order valence-corrected chi connectivity index (χ3v) is 9.52. The van der Waals surface area contributed by atoms with Gasteiger partial charge in [-0.2, -0.15) is 0 Å². The summed E-state index contributed by atoms with van der Waals surface area (Å²) in [5.41, 5.74) is 9.42. The second-order valence-electron chi connectivity index (χ2n) is 10.8. The highest BCUT2D eigenvalue weighted by molar-refractivity contribution is 6.77. The molecule has 1 unspecified atom stereocenters. The molecule has 5 aromatic rings. The lowest BCUT2D eigenvalue weighted by atomic mass is 10.1. The second kappa shape index (κ2) is 11.5. The Morgan fingerprint density at radius 3 is 2.35 bits per heavy atom. The minimum absolute atomic E-state index is 0.0542. The highest BCUT2D eigenvalue weighted by Crippen LogP contribution is 2.35. The van der Waals surface area contributed by atoms with E-state index in [-0.39, 0.29) is 11.4 Å². The first-order valence-electron chi connectivity index (χ1n) is 13.1. The Labute approximate surface area is 234 Å². The molecule has 0 aliphatic heterocycles. The molecule has 206 valence electrons. The molecule has 2 heterocycles. The number of nitrogen functional groups attached to an aromatic ring is 1. The van der Waals surface area contributed by atoms with Crippen LogP contribution in [0.15, 0.2) is 85.2 Å². The van der Waals surface area contributed by atoms with Crippen LogP contribution in [-0.2, 0) is 18.1 Å². The van der Waals surface area contributed by atoms with Crippen molar-refractivity contribution in [3.05, 3.63) is 96.6 Å². The van der Waals surface area contributed by atoms with Crippen molar-refractivity contribution in [2.45, 2.75) is 45.6 Å². The van der Waals surface area contributed by atoms with Crippen molar-refractivity contribution in [2.75, 3.05) is 5.73 Å². The predicted molar refractivity (Wildman–Crippen MR) is 159 cm³/mol. The highest BCUT2D eigenvalue weighted by atomic mass is 28.3. The number of benzene rings is 3. The molecule has 0 saturated carbocycles. The summed E-state index contributed by atoms with van der Waals surface area (Å²) < 4.78 is 34.4. The van der Waals surface area contributed by atoms with E-state index in [1.165, 1.54) is 18.5 Å². The lowest BCUT2D eigenvalue weighted by molar-refractivity contribution is 0.0599. The first kappa shape index (κ1) is 27.4. The largest absolute Gasteiger partial charge is 0.489 e. The van der Waals surface area contributed by atoms with Crippen LogP contribution in [0, 0.1) is 5.82 Å². The maximum Gasteiger partial charge on any atom is 0.231 e. The Hall–Kier alpha value is -4.21. The summed E-state index contributed by atoms with van der Waals surface area (Å²) in [5, 5.41) is 0.684. The van der Waals surface area contributed by atoms with E-state index in [0.717, 1.165) is 22.6 Å². The molecule has 0 spiro atoms. The maximum absolute atomic E-state index is 14.1. The minimum Gasteiger partial charge on any atom is -0.489 e. The first-order valence-corrected chi connectivity index (χ1v) is 16.7. The zero-order valence-electron chi connectivity index (χ0n) is 23.1. The average Bonchev–Trinajstić information content (AvgIpc) is 3.32. The summed E-state index contributed by atoms with van der Waals surface area (Å²) in [4.78, 5) is 8.92. The van der Waals surface area contributed by atoms with Crippen molar-refractivity contribution in [1.82, 2.24) is 14.5 Å². The van der Waals surface area contributed by atoms with Crippen LogP contribution in [0.5, 0.6) is 17.4 Å². The van der Waals surface area contributed by atoms with Crippen LogP contribution in [0.3, 0.4) is 0 Å². The van der Waals surface area contributed by atoms with Crippen LogP contribution in [-0.4, -0.2) is 28.3 Å². The fourth-order valence-corrected chi connectivity index (χ4v) is 4.65. The summed E-state index contributed by atoms with van der Waals surface area (Å²) in [6.45, 7) is 9.76. The van der Waals surface area contributed by atoms with Gasteiger partial charge in [-0.05, 0) is 60.5 Å². The van der Waals surface area contributed by atoms with E-state index in [1.54, 1.807) is 6.07 Å². The minimum atomic E-state index is -1.53. The van der Waals surface area contributed by atoms with Crippen LogP contribution < -0.4 is 15.2 Å². The zero-order chi connectivity index (χ0) is 28.3. The van der Waals surface area contributed by atoms with Crippen molar-refractivity contribution in [1.29, 1.82) is 0 Å². The van der Waals surface area contributed by atoms with E-state index in [9.17, 15) is 4.39 Å². The van der Waals surface area contributed by atoms with Gasteiger partial charge >= 0.3 is 0 Å². The molecule has 0 bridgehead atoms. The van der Waals surface area contributed by atoms with Crippen LogP contribution in [0.1, 0.15) is 12.5 Å². The molecule has 0 amide bonds. The van der Waals surface area contributed by atoms with E-state index in [4.69, 9.17) is 19.9 Å². The molecule has 5 rings (SSSR count). The van der Waals surface area contributed by atoms with Gasteiger partial charge < -0.3 is 24.5 Å². The van der Waals surface area contributed by atoms with Crippen molar-refractivity contribution in [3.8, 4) is 28.6 Å². The third-order valence-electron chi connectivity index (χ3n) is 6.91. The molecule has 1 atom stereocenters. The van der Waals surface area contributed by atoms with Crippen LogP contribution in [0.2, 0.25) is 19.6 Å². The molecule has 0 radical (unpaired) electrons. The van der Waals surface area contributed by atoms with Crippen LogP contribution in [0.4, 0.5) is 10.1 Å². The maximum atomic E-state index is 14.1. The second-order valence-corrected chi connectivity index (χ2v) is 16.3. The molecule has 3 aromatic carbocycles.